The quantitative estimate of drug-likeness (QED) is 0.787. The molecule has 0 heterocycles. The number of carbonyl (C=O) groups excluding carboxylic acids is 1. The Morgan fingerprint density at radius 2 is 1.89 bits per heavy atom. The fourth-order valence-electron chi connectivity index (χ4n) is 1.66. The van der Waals surface area contributed by atoms with Gasteiger partial charge in [0.15, 0.2) is 0 Å². The van der Waals surface area contributed by atoms with E-state index in [1.54, 1.807) is 25.3 Å². The minimum Gasteiger partial charge on any atom is -0.497 e. The molecule has 1 amide bonds. The Balaban J connectivity index is 2.43. The topological polar surface area (TPSA) is 29.5 Å². The van der Waals surface area contributed by atoms with Crippen molar-refractivity contribution in [2.75, 3.05) is 12.0 Å². The first-order chi connectivity index (χ1) is 8.76. The molecule has 3 nitrogen and oxygen atoms in total. The van der Waals surface area contributed by atoms with Crippen molar-refractivity contribution in [2.45, 2.75) is 0 Å². The third-order valence-electron chi connectivity index (χ3n) is 2.55. The number of halogens is 1. The first kappa shape index (κ1) is 12.5. The van der Waals surface area contributed by atoms with Crippen LogP contribution in [-0.2, 0) is 4.79 Å². The van der Waals surface area contributed by atoms with Crippen LogP contribution in [0.4, 0.5) is 11.4 Å². The van der Waals surface area contributed by atoms with E-state index in [1.807, 2.05) is 30.3 Å². The largest absolute Gasteiger partial charge is 0.497 e. The smallest absolute Gasteiger partial charge is 0.218 e. The highest BCUT2D eigenvalue weighted by atomic mass is 35.5. The van der Waals surface area contributed by atoms with Gasteiger partial charge in [0.05, 0.1) is 17.8 Å². The van der Waals surface area contributed by atoms with E-state index in [0.717, 1.165) is 12.1 Å². The first-order valence-corrected chi connectivity index (χ1v) is 5.77. The Labute approximate surface area is 111 Å². The monoisotopic (exact) mass is 261 g/mol. The minimum atomic E-state index is 0.463. The molecule has 2 rings (SSSR count). The highest BCUT2D eigenvalue weighted by molar-refractivity contribution is 6.34. The van der Waals surface area contributed by atoms with Crippen LogP contribution in [0.15, 0.2) is 48.5 Å². The number of rotatable bonds is 4. The predicted molar refractivity (Wildman–Crippen MR) is 72.6 cm³/mol. The van der Waals surface area contributed by atoms with Crippen molar-refractivity contribution in [1.82, 2.24) is 0 Å². The number of anilines is 2. The molecule has 0 aliphatic heterocycles. The number of ether oxygens (including phenoxy) is 1. The lowest BCUT2D eigenvalue weighted by Gasteiger charge is -2.19. The maximum absolute atomic E-state index is 11.2. The molecular weight excluding hydrogens is 250 g/mol. The number of amides is 1. The van der Waals surface area contributed by atoms with Crippen molar-refractivity contribution in [2.24, 2.45) is 0 Å². The summed E-state index contributed by atoms with van der Waals surface area (Å²) in [6.45, 7) is 0. The number of methoxy groups -OCH3 is 1. The second-order valence-electron chi connectivity index (χ2n) is 3.63. The van der Waals surface area contributed by atoms with Crippen LogP contribution in [-0.4, -0.2) is 13.5 Å². The zero-order valence-electron chi connectivity index (χ0n) is 9.84. The van der Waals surface area contributed by atoms with Gasteiger partial charge in [0.2, 0.25) is 6.41 Å². The second kappa shape index (κ2) is 5.56. The van der Waals surface area contributed by atoms with Gasteiger partial charge in [-0.05, 0) is 24.3 Å². The summed E-state index contributed by atoms with van der Waals surface area (Å²) in [7, 11) is 1.57. The molecular formula is C14H12ClNO2. The summed E-state index contributed by atoms with van der Waals surface area (Å²) in [5.74, 6) is 0.655. The van der Waals surface area contributed by atoms with Gasteiger partial charge in [0, 0.05) is 11.8 Å². The Bertz CT molecular complexity index is 543. The zero-order chi connectivity index (χ0) is 13.0. The van der Waals surface area contributed by atoms with E-state index < -0.39 is 0 Å². The average Bonchev–Trinajstić information content (AvgIpc) is 2.42. The maximum Gasteiger partial charge on any atom is 0.218 e. The molecule has 0 radical (unpaired) electrons. The van der Waals surface area contributed by atoms with Crippen LogP contribution in [0, 0.1) is 0 Å². The second-order valence-corrected chi connectivity index (χ2v) is 4.04. The van der Waals surface area contributed by atoms with Crippen molar-refractivity contribution in [3.05, 3.63) is 53.6 Å². The Morgan fingerprint density at radius 3 is 2.44 bits per heavy atom. The standard InChI is InChI=1S/C14H12ClNO2/c1-18-12-7-8-14(13(15)9-12)16(10-17)11-5-3-2-4-6-11/h2-10H,1H3. The van der Waals surface area contributed by atoms with Crippen molar-refractivity contribution in [3.8, 4) is 5.75 Å². The van der Waals surface area contributed by atoms with Gasteiger partial charge >= 0.3 is 0 Å². The lowest BCUT2D eigenvalue weighted by Crippen LogP contribution is -2.14. The highest BCUT2D eigenvalue weighted by Gasteiger charge is 2.12. The van der Waals surface area contributed by atoms with Gasteiger partial charge in [-0.2, -0.15) is 0 Å². The third-order valence-corrected chi connectivity index (χ3v) is 2.86. The van der Waals surface area contributed by atoms with Crippen LogP contribution in [0.2, 0.25) is 5.02 Å². The minimum absolute atomic E-state index is 0.463. The third kappa shape index (κ3) is 2.46. The van der Waals surface area contributed by atoms with E-state index in [4.69, 9.17) is 16.3 Å². The summed E-state index contributed by atoms with van der Waals surface area (Å²) >= 11 is 6.15. The molecule has 92 valence electrons. The Kier molecular flexibility index (Phi) is 3.85. The number of nitrogens with zero attached hydrogens (tertiary/aromatic N) is 1. The molecule has 0 saturated heterocycles. The highest BCUT2D eigenvalue weighted by Crippen LogP contribution is 2.33. The van der Waals surface area contributed by atoms with E-state index in [9.17, 15) is 4.79 Å². The van der Waals surface area contributed by atoms with Crippen molar-refractivity contribution < 1.29 is 9.53 Å². The molecule has 0 aromatic heterocycles. The molecule has 2 aromatic rings. The SMILES string of the molecule is COc1ccc(N(C=O)c2ccccc2)c(Cl)c1. The summed E-state index contributed by atoms with van der Waals surface area (Å²) in [6, 6.07) is 14.5. The fraction of sp³-hybridized carbons (Fsp3) is 0.0714. The van der Waals surface area contributed by atoms with Crippen molar-refractivity contribution >= 4 is 29.4 Å². The van der Waals surface area contributed by atoms with Crippen LogP contribution < -0.4 is 9.64 Å². The summed E-state index contributed by atoms with van der Waals surface area (Å²) in [5, 5.41) is 0.463. The van der Waals surface area contributed by atoms with E-state index in [-0.39, 0.29) is 0 Å². The van der Waals surface area contributed by atoms with Crippen molar-refractivity contribution in [3.63, 3.8) is 0 Å². The summed E-state index contributed by atoms with van der Waals surface area (Å²) < 4.78 is 5.08. The molecule has 2 aromatic carbocycles. The van der Waals surface area contributed by atoms with Crippen LogP contribution >= 0.6 is 11.6 Å². The van der Waals surface area contributed by atoms with Gasteiger partial charge < -0.3 is 4.74 Å². The fourth-order valence-corrected chi connectivity index (χ4v) is 1.92. The van der Waals surface area contributed by atoms with Gasteiger partial charge in [-0.25, -0.2) is 0 Å². The van der Waals surface area contributed by atoms with Crippen molar-refractivity contribution in [1.29, 1.82) is 0 Å². The molecule has 0 atom stereocenters. The maximum atomic E-state index is 11.2. The average molecular weight is 262 g/mol. The lowest BCUT2D eigenvalue weighted by atomic mass is 10.2. The molecule has 0 N–H and O–H groups in total. The first-order valence-electron chi connectivity index (χ1n) is 5.39. The van der Waals surface area contributed by atoms with Gasteiger partial charge in [-0.1, -0.05) is 29.8 Å². The molecule has 0 saturated carbocycles. The van der Waals surface area contributed by atoms with E-state index in [2.05, 4.69) is 0 Å². The summed E-state index contributed by atoms with van der Waals surface area (Å²) in [5.41, 5.74) is 1.39. The predicted octanol–water partition coefficient (Wildman–Crippen LogP) is 3.64. The Morgan fingerprint density at radius 1 is 1.17 bits per heavy atom. The lowest BCUT2D eigenvalue weighted by molar-refractivity contribution is -0.106. The molecule has 0 bridgehead atoms. The van der Waals surface area contributed by atoms with Crippen LogP contribution in [0.3, 0.4) is 0 Å². The molecule has 0 fully saturated rings. The molecule has 0 aliphatic carbocycles. The summed E-state index contributed by atoms with van der Waals surface area (Å²) in [6.07, 6.45) is 0.739. The molecule has 18 heavy (non-hydrogen) atoms. The van der Waals surface area contributed by atoms with E-state index in [0.29, 0.717) is 16.5 Å². The number of carbonyl (C=O) groups is 1. The number of hydrogen-bond acceptors (Lipinski definition) is 2. The summed E-state index contributed by atoms with van der Waals surface area (Å²) in [4.78, 5) is 12.7. The molecule has 0 spiro atoms. The van der Waals surface area contributed by atoms with Crippen LogP contribution in [0.5, 0.6) is 5.75 Å². The molecule has 0 aliphatic rings. The zero-order valence-corrected chi connectivity index (χ0v) is 10.6. The van der Waals surface area contributed by atoms with Crippen LogP contribution in [0.1, 0.15) is 0 Å². The molecule has 4 heteroatoms. The molecule has 0 unspecified atom stereocenters. The van der Waals surface area contributed by atoms with E-state index in [1.165, 1.54) is 4.90 Å². The Hall–Kier alpha value is -2.00. The van der Waals surface area contributed by atoms with Gasteiger partial charge in [-0.3, -0.25) is 9.69 Å². The van der Waals surface area contributed by atoms with Gasteiger partial charge in [0.25, 0.3) is 0 Å². The number of para-hydroxylation sites is 1. The number of benzene rings is 2. The van der Waals surface area contributed by atoms with Gasteiger partial charge in [-0.15, -0.1) is 0 Å². The van der Waals surface area contributed by atoms with Gasteiger partial charge in [0.1, 0.15) is 5.75 Å². The number of hydrogen-bond donors (Lipinski definition) is 0. The van der Waals surface area contributed by atoms with Crippen LogP contribution in [0.25, 0.3) is 0 Å². The normalized spacial score (nSPS) is 9.89. The van der Waals surface area contributed by atoms with E-state index >= 15 is 0 Å².